The van der Waals surface area contributed by atoms with Crippen LogP contribution >= 0.6 is 11.6 Å². The first-order valence-corrected chi connectivity index (χ1v) is 8.45. The van der Waals surface area contributed by atoms with Gasteiger partial charge in [-0.2, -0.15) is 0 Å². The van der Waals surface area contributed by atoms with Crippen LogP contribution < -0.4 is 10.6 Å². The average Bonchev–Trinajstić information content (AvgIpc) is 3.06. The van der Waals surface area contributed by atoms with Crippen molar-refractivity contribution in [2.75, 3.05) is 11.4 Å². The zero-order chi connectivity index (χ0) is 15.8. The highest BCUT2D eigenvalue weighted by Gasteiger charge is 2.34. The van der Waals surface area contributed by atoms with Crippen molar-refractivity contribution in [3.63, 3.8) is 0 Å². The van der Waals surface area contributed by atoms with E-state index in [1.165, 1.54) is 16.6 Å². The summed E-state index contributed by atoms with van der Waals surface area (Å²) in [5.74, 6) is 0. The Labute approximate surface area is 141 Å². The van der Waals surface area contributed by atoms with Crippen LogP contribution in [0.2, 0.25) is 0 Å². The molecule has 2 aromatic carbocycles. The van der Waals surface area contributed by atoms with Crippen LogP contribution in [0.3, 0.4) is 0 Å². The van der Waals surface area contributed by atoms with Gasteiger partial charge in [0, 0.05) is 24.2 Å². The van der Waals surface area contributed by atoms with Gasteiger partial charge in [-0.15, -0.1) is 11.6 Å². The summed E-state index contributed by atoms with van der Waals surface area (Å²) < 4.78 is 0. The number of hydrogen-bond acceptors (Lipinski definition) is 2. The third-order valence-electron chi connectivity index (χ3n) is 4.77. The highest BCUT2D eigenvalue weighted by molar-refractivity contribution is 6.21. The lowest BCUT2D eigenvalue weighted by molar-refractivity contribution is 0.426. The Kier molecular flexibility index (Phi) is 3.76. The number of nitrogens with zero attached hydrogens (tertiary/aromatic N) is 1. The third kappa shape index (κ3) is 2.60. The number of hydrogen-bond donors (Lipinski definition) is 2. The molecule has 4 heteroatoms. The number of aromatic amines is 1. The van der Waals surface area contributed by atoms with Crippen LogP contribution in [0.5, 0.6) is 0 Å². The van der Waals surface area contributed by atoms with E-state index in [1.807, 2.05) is 12.3 Å². The lowest BCUT2D eigenvalue weighted by Crippen LogP contribution is -2.49. The maximum absolute atomic E-state index is 6.51. The summed E-state index contributed by atoms with van der Waals surface area (Å²) in [7, 11) is 0. The van der Waals surface area contributed by atoms with Crippen LogP contribution in [0.25, 0.3) is 10.9 Å². The maximum Gasteiger partial charge on any atom is 0.0691 e. The SMILES string of the molecule is NC1CC(c2ccccc2)N(c2cccc3cc[nH]c23)CC1Cl. The lowest BCUT2D eigenvalue weighted by atomic mass is 9.91. The fourth-order valence-corrected chi connectivity index (χ4v) is 3.80. The number of benzene rings is 2. The standard InChI is InChI=1S/C19H20ClN3/c20-15-12-23(17-8-4-7-14-9-10-22-19(14)17)18(11-16(15)21)13-5-2-1-3-6-13/h1-10,15-16,18,22H,11-12,21H2. The van der Waals surface area contributed by atoms with Crippen LogP contribution in [-0.4, -0.2) is 22.9 Å². The molecular weight excluding hydrogens is 306 g/mol. The first kappa shape index (κ1) is 14.6. The largest absolute Gasteiger partial charge is 0.361 e. The number of alkyl halides is 1. The van der Waals surface area contributed by atoms with Gasteiger partial charge in [0.2, 0.25) is 0 Å². The monoisotopic (exact) mass is 325 g/mol. The average molecular weight is 326 g/mol. The van der Waals surface area contributed by atoms with Crippen molar-refractivity contribution in [3.8, 4) is 0 Å². The lowest BCUT2D eigenvalue weighted by Gasteiger charge is -2.43. The van der Waals surface area contributed by atoms with E-state index in [0.29, 0.717) is 0 Å². The number of nitrogens with two attached hydrogens (primary N) is 1. The number of rotatable bonds is 2. The molecule has 0 bridgehead atoms. The highest BCUT2D eigenvalue weighted by atomic mass is 35.5. The number of fused-ring (bicyclic) bond motifs is 1. The highest BCUT2D eigenvalue weighted by Crippen LogP contribution is 2.38. The van der Waals surface area contributed by atoms with Gasteiger partial charge in [-0.25, -0.2) is 0 Å². The molecule has 1 aromatic heterocycles. The molecule has 1 fully saturated rings. The molecule has 0 aliphatic carbocycles. The van der Waals surface area contributed by atoms with E-state index in [9.17, 15) is 0 Å². The van der Waals surface area contributed by atoms with Gasteiger partial charge in [-0.1, -0.05) is 42.5 Å². The zero-order valence-electron chi connectivity index (χ0n) is 12.8. The molecular formula is C19H20ClN3. The van der Waals surface area contributed by atoms with Crippen molar-refractivity contribution >= 4 is 28.2 Å². The summed E-state index contributed by atoms with van der Waals surface area (Å²) in [4.78, 5) is 5.77. The van der Waals surface area contributed by atoms with Crippen molar-refractivity contribution in [2.45, 2.75) is 23.9 Å². The third-order valence-corrected chi connectivity index (χ3v) is 5.23. The van der Waals surface area contributed by atoms with Crippen LogP contribution in [0.4, 0.5) is 5.69 Å². The number of aromatic nitrogens is 1. The van der Waals surface area contributed by atoms with E-state index >= 15 is 0 Å². The molecule has 3 atom stereocenters. The molecule has 4 rings (SSSR count). The second kappa shape index (κ2) is 5.91. The van der Waals surface area contributed by atoms with Crippen LogP contribution in [-0.2, 0) is 0 Å². The van der Waals surface area contributed by atoms with Crippen molar-refractivity contribution in [1.82, 2.24) is 4.98 Å². The van der Waals surface area contributed by atoms with E-state index in [0.717, 1.165) is 18.5 Å². The Balaban J connectivity index is 1.81. The molecule has 3 aromatic rings. The number of H-pyrrole nitrogens is 1. The molecule has 118 valence electrons. The van der Waals surface area contributed by atoms with Gasteiger partial charge in [0.15, 0.2) is 0 Å². The van der Waals surface area contributed by atoms with Gasteiger partial charge < -0.3 is 15.6 Å². The van der Waals surface area contributed by atoms with Gasteiger partial charge in [0.1, 0.15) is 0 Å². The Morgan fingerprint density at radius 3 is 2.70 bits per heavy atom. The van der Waals surface area contributed by atoms with E-state index < -0.39 is 0 Å². The summed E-state index contributed by atoms with van der Waals surface area (Å²) in [5.41, 5.74) is 9.91. The minimum atomic E-state index is -0.0415. The van der Waals surface area contributed by atoms with Gasteiger partial charge in [-0.3, -0.25) is 0 Å². The molecule has 3 N–H and O–H groups in total. The molecule has 0 amide bonds. The van der Waals surface area contributed by atoms with Crippen LogP contribution in [0, 0.1) is 0 Å². The quantitative estimate of drug-likeness (QED) is 0.698. The summed E-state index contributed by atoms with van der Waals surface area (Å²) in [6.45, 7) is 0.750. The topological polar surface area (TPSA) is 45.0 Å². The minimum Gasteiger partial charge on any atom is -0.361 e. The van der Waals surface area contributed by atoms with Crippen molar-refractivity contribution < 1.29 is 0 Å². The molecule has 1 saturated heterocycles. The van der Waals surface area contributed by atoms with Gasteiger partial charge >= 0.3 is 0 Å². The van der Waals surface area contributed by atoms with Crippen molar-refractivity contribution in [2.24, 2.45) is 5.73 Å². The zero-order valence-corrected chi connectivity index (χ0v) is 13.6. The maximum atomic E-state index is 6.51. The molecule has 23 heavy (non-hydrogen) atoms. The van der Waals surface area contributed by atoms with Gasteiger partial charge in [0.25, 0.3) is 0 Å². The number of halogens is 1. The second-order valence-electron chi connectivity index (χ2n) is 6.21. The molecule has 2 heterocycles. The molecule has 0 radical (unpaired) electrons. The summed E-state index contributed by atoms with van der Waals surface area (Å²) in [6, 6.07) is 19.3. The fraction of sp³-hybridized carbons (Fsp3) is 0.263. The summed E-state index contributed by atoms with van der Waals surface area (Å²) >= 11 is 6.51. The summed E-state index contributed by atoms with van der Waals surface area (Å²) in [5, 5.41) is 1.18. The van der Waals surface area contributed by atoms with Crippen LogP contribution in [0.15, 0.2) is 60.8 Å². The van der Waals surface area contributed by atoms with E-state index in [-0.39, 0.29) is 17.5 Å². The number of anilines is 1. The Bertz CT molecular complexity index is 798. The summed E-state index contributed by atoms with van der Waals surface area (Å²) in [6.07, 6.45) is 2.84. The van der Waals surface area contributed by atoms with E-state index in [1.54, 1.807) is 0 Å². The normalized spacial score (nSPS) is 25.0. The molecule has 3 unspecified atom stereocenters. The number of piperidine rings is 1. The second-order valence-corrected chi connectivity index (χ2v) is 6.77. The first-order chi connectivity index (χ1) is 11.2. The van der Waals surface area contributed by atoms with E-state index in [2.05, 4.69) is 58.4 Å². The smallest absolute Gasteiger partial charge is 0.0691 e. The fourth-order valence-electron chi connectivity index (χ4n) is 3.55. The number of para-hydroxylation sites is 1. The van der Waals surface area contributed by atoms with Gasteiger partial charge in [-0.05, 0) is 24.1 Å². The van der Waals surface area contributed by atoms with Crippen molar-refractivity contribution in [1.29, 1.82) is 0 Å². The van der Waals surface area contributed by atoms with Gasteiger partial charge in [0.05, 0.1) is 22.6 Å². The predicted molar refractivity (Wildman–Crippen MR) is 97.1 cm³/mol. The molecule has 3 nitrogen and oxygen atoms in total. The Hall–Kier alpha value is -1.97. The minimum absolute atomic E-state index is 0.0148. The molecule has 0 saturated carbocycles. The van der Waals surface area contributed by atoms with Crippen LogP contribution in [0.1, 0.15) is 18.0 Å². The van der Waals surface area contributed by atoms with Crippen molar-refractivity contribution in [3.05, 3.63) is 66.4 Å². The molecule has 1 aliphatic rings. The Morgan fingerprint density at radius 2 is 1.87 bits per heavy atom. The predicted octanol–water partition coefficient (Wildman–Crippen LogP) is 4.05. The Morgan fingerprint density at radius 1 is 1.04 bits per heavy atom. The van der Waals surface area contributed by atoms with E-state index in [4.69, 9.17) is 17.3 Å². The first-order valence-electron chi connectivity index (χ1n) is 8.01. The molecule has 0 spiro atoms. The number of nitrogens with one attached hydrogen (secondary N) is 1. The molecule has 1 aliphatic heterocycles.